The molecule has 0 aromatic heterocycles. The molecule has 0 radical (unpaired) electrons. The Morgan fingerprint density at radius 1 is 0.875 bits per heavy atom. The molecule has 14 nitrogen and oxygen atoms in total. The highest BCUT2D eigenvalue weighted by molar-refractivity contribution is 5.89. The molecule has 0 spiro atoms. The Kier molecular flexibility index (Phi) is 15.1. The minimum Gasteiger partial charge on any atom is -0.497 e. The maximum atomic E-state index is 14.2. The number of ketones is 1. The third kappa shape index (κ3) is 9.20. The van der Waals surface area contributed by atoms with E-state index in [4.69, 9.17) is 33.2 Å². The molecule has 17 atom stereocenters. The third-order valence-electron chi connectivity index (χ3n) is 16.5. The molecule has 2 heterocycles. The van der Waals surface area contributed by atoms with Crippen molar-refractivity contribution in [1.29, 1.82) is 0 Å². The number of esters is 2. The summed E-state index contributed by atoms with van der Waals surface area (Å²) in [5.74, 6) is -0.859. The van der Waals surface area contributed by atoms with Gasteiger partial charge in [0, 0.05) is 36.5 Å². The number of ether oxygens (including phenoxy) is 7. The number of carbonyl (C=O) groups is 3. The van der Waals surface area contributed by atoms with Crippen LogP contribution < -0.4 is 4.74 Å². The molecule has 64 heavy (non-hydrogen) atoms. The van der Waals surface area contributed by atoms with Crippen LogP contribution >= 0.6 is 0 Å². The zero-order valence-corrected chi connectivity index (χ0v) is 39.1. The number of aliphatic hydroxyl groups excluding tert-OH is 3. The summed E-state index contributed by atoms with van der Waals surface area (Å²) in [6, 6.07) is 6.22. The first-order chi connectivity index (χ1) is 30.4. The molecule has 4 N–H and O–H groups in total. The first kappa shape index (κ1) is 49.0. The summed E-state index contributed by atoms with van der Waals surface area (Å²) in [4.78, 5) is 39.9. The minimum absolute atomic E-state index is 0.00203. The van der Waals surface area contributed by atoms with Gasteiger partial charge in [-0.2, -0.15) is 0 Å². The van der Waals surface area contributed by atoms with Gasteiger partial charge >= 0.3 is 11.9 Å². The molecule has 0 bridgehead atoms. The molecule has 7 rings (SSSR count). The minimum atomic E-state index is -1.55. The fourth-order valence-electron chi connectivity index (χ4n) is 12.6. The van der Waals surface area contributed by atoms with Gasteiger partial charge in [0.2, 0.25) is 0 Å². The van der Waals surface area contributed by atoms with Crippen LogP contribution in [-0.2, 0) is 38.0 Å². The molecule has 14 heteroatoms. The van der Waals surface area contributed by atoms with Crippen molar-refractivity contribution in [3.8, 4) is 5.75 Å². The topological polar surface area (TPSA) is 197 Å². The summed E-state index contributed by atoms with van der Waals surface area (Å²) >= 11 is 0. The van der Waals surface area contributed by atoms with Crippen molar-refractivity contribution in [2.24, 2.45) is 46.3 Å². The second-order valence-electron chi connectivity index (χ2n) is 20.7. The Balaban J connectivity index is 1.12. The SMILES string of the molecule is CCCC(=O)O[C@H]1CC[C@@]2(C)C(=CC[C@@H]3C2CC[C@@]2(C)[C@H]3C[C@H](OC3OCC(O)C(OC4OCC(O)C(O)C4OC(=O)c4ccc(OC)cc4)C3C)[C@]2(O)[C@H](C)C(=O)CCC(C)C)C1. The van der Waals surface area contributed by atoms with Crippen molar-refractivity contribution < 1.29 is 68.0 Å². The Morgan fingerprint density at radius 2 is 1.58 bits per heavy atom. The fourth-order valence-corrected chi connectivity index (χ4v) is 12.6. The van der Waals surface area contributed by atoms with E-state index in [0.717, 1.165) is 38.5 Å². The summed E-state index contributed by atoms with van der Waals surface area (Å²) in [5.41, 5.74) is -0.734. The first-order valence-electron chi connectivity index (χ1n) is 23.9. The van der Waals surface area contributed by atoms with E-state index in [9.17, 15) is 34.8 Å². The van der Waals surface area contributed by atoms with Crippen LogP contribution in [0.15, 0.2) is 35.9 Å². The van der Waals surface area contributed by atoms with Crippen LogP contribution in [0.2, 0.25) is 0 Å². The van der Waals surface area contributed by atoms with E-state index < -0.39 is 78.0 Å². The number of rotatable bonds is 15. The van der Waals surface area contributed by atoms with E-state index in [-0.39, 0.29) is 53.9 Å². The standard InChI is InChI=1S/C50H74O14/c1-9-10-41(54)61-33-19-21-48(6)31(23-33)14-17-34-35(48)20-22-49(7)36(34)24-40(50(49,57)29(5)37(51)18-11-27(2)3)62-46-28(4)43(39(53)26-59-46)64-47-44(42(55)38(52)25-60-47)63-45(56)30-12-15-32(58-8)16-13-30/h12-16,27-29,33-36,38-40,42-44,46-47,52-53,55,57H,9-11,17-26H2,1-8H3/t28?,29-,33+,34-,35?,36+,38?,39?,40+,42?,43?,44?,46?,47?,48+,49+,50-/m1/s1. The predicted octanol–water partition coefficient (Wildman–Crippen LogP) is 6.08. The lowest BCUT2D eigenvalue weighted by molar-refractivity contribution is -0.333. The van der Waals surface area contributed by atoms with Gasteiger partial charge in [-0.1, -0.05) is 60.1 Å². The third-order valence-corrected chi connectivity index (χ3v) is 16.5. The second-order valence-corrected chi connectivity index (χ2v) is 20.7. The smallest absolute Gasteiger partial charge is 0.338 e. The number of Topliss-reactive ketones (excluding diaryl/α,β-unsaturated/α-hetero) is 1. The summed E-state index contributed by atoms with van der Waals surface area (Å²) in [7, 11) is 1.51. The number of aliphatic hydroxyl groups is 4. The van der Waals surface area contributed by atoms with Crippen molar-refractivity contribution in [3.63, 3.8) is 0 Å². The largest absolute Gasteiger partial charge is 0.497 e. The second kappa shape index (κ2) is 19.7. The van der Waals surface area contributed by atoms with E-state index in [2.05, 4.69) is 33.8 Å². The van der Waals surface area contributed by atoms with Crippen molar-refractivity contribution >= 4 is 17.7 Å². The molecule has 0 amide bonds. The quantitative estimate of drug-likeness (QED) is 0.117. The van der Waals surface area contributed by atoms with Crippen LogP contribution in [0.25, 0.3) is 0 Å². The first-order valence-corrected chi connectivity index (χ1v) is 23.9. The van der Waals surface area contributed by atoms with Crippen molar-refractivity contribution in [2.75, 3.05) is 20.3 Å². The Morgan fingerprint density at radius 3 is 2.27 bits per heavy atom. The van der Waals surface area contributed by atoms with Crippen LogP contribution in [0.5, 0.6) is 5.75 Å². The predicted molar refractivity (Wildman–Crippen MR) is 234 cm³/mol. The summed E-state index contributed by atoms with van der Waals surface area (Å²) in [5, 5.41) is 46.4. The Bertz CT molecular complexity index is 1830. The van der Waals surface area contributed by atoms with Gasteiger partial charge in [0.15, 0.2) is 18.7 Å². The molecule has 9 unspecified atom stereocenters. The highest BCUT2D eigenvalue weighted by atomic mass is 16.7. The van der Waals surface area contributed by atoms with Crippen LogP contribution in [0, 0.1) is 46.3 Å². The van der Waals surface area contributed by atoms with Gasteiger partial charge in [-0.25, -0.2) is 4.79 Å². The van der Waals surface area contributed by atoms with Crippen molar-refractivity contribution in [3.05, 3.63) is 41.5 Å². The van der Waals surface area contributed by atoms with Crippen molar-refractivity contribution in [1.82, 2.24) is 0 Å². The van der Waals surface area contributed by atoms with E-state index in [1.807, 2.05) is 13.8 Å². The molecular weight excluding hydrogens is 825 g/mol. The summed E-state index contributed by atoms with van der Waals surface area (Å²) in [6.07, 6.45) is 0.220. The van der Waals surface area contributed by atoms with Gasteiger partial charge in [0.05, 0.1) is 38.1 Å². The van der Waals surface area contributed by atoms with Crippen LogP contribution in [-0.4, -0.2) is 119 Å². The molecule has 5 fully saturated rings. The van der Waals surface area contributed by atoms with E-state index in [1.54, 1.807) is 19.1 Å². The van der Waals surface area contributed by atoms with E-state index in [1.165, 1.54) is 24.8 Å². The number of allylic oxidation sites excluding steroid dienone is 1. The number of fused-ring (bicyclic) bond motifs is 5. The number of hydrogen-bond acceptors (Lipinski definition) is 14. The number of methoxy groups -OCH3 is 1. The molecular formula is C50H74O14. The normalized spacial score (nSPS) is 41.2. The Hall–Kier alpha value is -2.95. The van der Waals surface area contributed by atoms with Gasteiger partial charge < -0.3 is 53.6 Å². The summed E-state index contributed by atoms with van der Waals surface area (Å²) in [6.45, 7) is 13.8. The zero-order valence-electron chi connectivity index (χ0n) is 39.1. The highest BCUT2D eigenvalue weighted by Gasteiger charge is 2.70. The van der Waals surface area contributed by atoms with Gasteiger partial charge in [0.25, 0.3) is 0 Å². The van der Waals surface area contributed by atoms with Gasteiger partial charge in [0.1, 0.15) is 41.5 Å². The average molecular weight is 899 g/mol. The van der Waals surface area contributed by atoms with Gasteiger partial charge in [-0.15, -0.1) is 0 Å². The lowest BCUT2D eigenvalue weighted by atomic mass is 9.46. The molecule has 1 aromatic rings. The maximum absolute atomic E-state index is 14.2. The molecule has 358 valence electrons. The lowest BCUT2D eigenvalue weighted by Crippen LogP contribution is -2.62. The van der Waals surface area contributed by atoms with Gasteiger partial charge in [-0.05, 0) is 105 Å². The molecule has 2 aliphatic heterocycles. The van der Waals surface area contributed by atoms with E-state index in [0.29, 0.717) is 49.7 Å². The zero-order chi connectivity index (χ0) is 46.3. The molecule has 6 aliphatic rings. The van der Waals surface area contributed by atoms with Crippen LogP contribution in [0.4, 0.5) is 0 Å². The molecule has 4 aliphatic carbocycles. The molecule has 2 saturated heterocycles. The summed E-state index contributed by atoms with van der Waals surface area (Å²) < 4.78 is 42.2. The van der Waals surface area contributed by atoms with Crippen molar-refractivity contribution in [2.45, 2.75) is 180 Å². The maximum Gasteiger partial charge on any atom is 0.338 e. The van der Waals surface area contributed by atoms with Crippen LogP contribution in [0.1, 0.15) is 129 Å². The highest BCUT2D eigenvalue weighted by Crippen LogP contribution is 2.69. The monoisotopic (exact) mass is 899 g/mol. The average Bonchev–Trinajstić information content (AvgIpc) is 3.50. The molecule has 1 aromatic carbocycles. The van der Waals surface area contributed by atoms with Gasteiger partial charge in [-0.3, -0.25) is 9.59 Å². The van der Waals surface area contributed by atoms with E-state index >= 15 is 0 Å². The van der Waals surface area contributed by atoms with Crippen LogP contribution in [0.3, 0.4) is 0 Å². The fraction of sp³-hybridized carbons (Fsp3) is 0.780. The Labute approximate surface area is 378 Å². The lowest BCUT2D eigenvalue weighted by Gasteiger charge is -2.59. The number of benzene rings is 1. The number of carbonyl (C=O) groups excluding carboxylic acids is 3. The molecule has 3 saturated carbocycles. The number of hydrogen-bond donors (Lipinski definition) is 4.